The van der Waals surface area contributed by atoms with Gasteiger partial charge in [-0.05, 0) is 42.5 Å². The highest BCUT2D eigenvalue weighted by molar-refractivity contribution is 7.14. The van der Waals surface area contributed by atoms with Crippen LogP contribution in [-0.4, -0.2) is 17.5 Å². The van der Waals surface area contributed by atoms with Gasteiger partial charge in [0.05, 0.1) is 5.69 Å². The number of alkyl halides is 2. The third-order valence-electron chi connectivity index (χ3n) is 3.27. The zero-order chi connectivity index (χ0) is 18.7. The van der Waals surface area contributed by atoms with Crippen LogP contribution in [0.2, 0.25) is 0 Å². The van der Waals surface area contributed by atoms with Crippen molar-refractivity contribution in [1.29, 1.82) is 0 Å². The second-order valence-electron chi connectivity index (χ2n) is 5.02. The number of nitrogens with one attached hydrogen (secondary N) is 1. The van der Waals surface area contributed by atoms with Crippen LogP contribution >= 0.6 is 11.3 Å². The Hall–Kier alpha value is -2.94. The van der Waals surface area contributed by atoms with Crippen LogP contribution in [0.1, 0.15) is 10.4 Å². The van der Waals surface area contributed by atoms with E-state index >= 15 is 0 Å². The Morgan fingerprint density at radius 1 is 1.12 bits per heavy atom. The molecular weight excluding hydrogens is 372 g/mol. The van der Waals surface area contributed by atoms with Gasteiger partial charge in [0, 0.05) is 16.5 Å². The maximum absolute atomic E-state index is 13.8. The molecule has 0 bridgehead atoms. The van der Waals surface area contributed by atoms with Crippen LogP contribution < -0.4 is 10.1 Å². The Morgan fingerprint density at radius 3 is 2.54 bits per heavy atom. The van der Waals surface area contributed by atoms with E-state index in [-0.39, 0.29) is 27.7 Å². The molecule has 1 aromatic heterocycles. The van der Waals surface area contributed by atoms with Crippen LogP contribution in [0.5, 0.6) is 5.75 Å². The molecule has 26 heavy (non-hydrogen) atoms. The fourth-order valence-corrected chi connectivity index (χ4v) is 2.81. The molecule has 134 valence electrons. The molecule has 0 aliphatic rings. The maximum atomic E-state index is 13.8. The van der Waals surface area contributed by atoms with Crippen LogP contribution in [-0.2, 0) is 0 Å². The molecule has 0 aliphatic carbocycles. The van der Waals surface area contributed by atoms with E-state index in [2.05, 4.69) is 15.0 Å². The van der Waals surface area contributed by atoms with Crippen molar-refractivity contribution in [3.05, 3.63) is 65.0 Å². The number of hydrogen-bond donors (Lipinski definition) is 1. The molecule has 4 nitrogen and oxygen atoms in total. The van der Waals surface area contributed by atoms with Gasteiger partial charge >= 0.3 is 6.61 Å². The highest BCUT2D eigenvalue weighted by atomic mass is 32.1. The van der Waals surface area contributed by atoms with E-state index in [1.165, 1.54) is 29.6 Å². The number of anilines is 1. The lowest BCUT2D eigenvalue weighted by atomic mass is 10.1. The lowest BCUT2D eigenvalue weighted by Crippen LogP contribution is -2.11. The van der Waals surface area contributed by atoms with Gasteiger partial charge in [-0.3, -0.25) is 10.1 Å². The summed E-state index contributed by atoms with van der Waals surface area (Å²) in [7, 11) is 0. The van der Waals surface area contributed by atoms with Gasteiger partial charge in [0.1, 0.15) is 17.4 Å². The minimum atomic E-state index is -2.95. The molecule has 1 N–H and O–H groups in total. The number of halogens is 4. The number of rotatable bonds is 5. The molecule has 0 atom stereocenters. The number of nitrogens with zero attached hydrogens (tertiary/aromatic N) is 1. The fourth-order valence-electron chi connectivity index (χ4n) is 2.11. The smallest absolute Gasteiger partial charge is 0.387 e. The Labute approximate surface area is 149 Å². The van der Waals surface area contributed by atoms with E-state index in [0.717, 1.165) is 29.5 Å². The Balaban J connectivity index is 1.72. The van der Waals surface area contributed by atoms with Gasteiger partial charge in [-0.2, -0.15) is 8.78 Å². The number of amides is 1. The van der Waals surface area contributed by atoms with Gasteiger partial charge in [-0.15, -0.1) is 11.3 Å². The standard InChI is InChI=1S/C17H10F4N2O2S/c18-10-3-6-13(19)12(7-10)14-8-26-17(22-14)23-15(24)9-1-4-11(5-2-9)25-16(20)21/h1-8,16H,(H,22,23,24). The van der Waals surface area contributed by atoms with Gasteiger partial charge in [-0.1, -0.05) is 0 Å². The summed E-state index contributed by atoms with van der Waals surface area (Å²) in [4.78, 5) is 16.2. The van der Waals surface area contributed by atoms with Crippen LogP contribution in [0.15, 0.2) is 47.8 Å². The van der Waals surface area contributed by atoms with E-state index < -0.39 is 24.2 Å². The molecule has 0 saturated carbocycles. The predicted octanol–water partition coefficient (Wildman–Crippen LogP) is 4.94. The number of ether oxygens (including phenoxy) is 1. The molecule has 3 aromatic rings. The van der Waals surface area contributed by atoms with Crippen molar-refractivity contribution < 1.29 is 27.1 Å². The Kier molecular flexibility index (Phi) is 5.17. The van der Waals surface area contributed by atoms with E-state index in [9.17, 15) is 22.4 Å². The zero-order valence-electron chi connectivity index (χ0n) is 12.9. The quantitative estimate of drug-likeness (QED) is 0.636. The number of carbonyl (C=O) groups is 1. The van der Waals surface area contributed by atoms with Gasteiger partial charge in [0.15, 0.2) is 5.13 Å². The summed E-state index contributed by atoms with van der Waals surface area (Å²) in [6.45, 7) is -2.95. The molecule has 0 spiro atoms. The fraction of sp³-hybridized carbons (Fsp3) is 0.0588. The van der Waals surface area contributed by atoms with Crippen LogP contribution in [0.4, 0.5) is 22.7 Å². The van der Waals surface area contributed by atoms with Crippen molar-refractivity contribution in [3.63, 3.8) is 0 Å². The molecular formula is C17H10F4N2O2S. The van der Waals surface area contributed by atoms with Gasteiger partial charge in [0.25, 0.3) is 5.91 Å². The molecule has 0 aliphatic heterocycles. The molecule has 0 radical (unpaired) electrons. The van der Waals surface area contributed by atoms with E-state index in [0.29, 0.717) is 0 Å². The molecule has 3 rings (SSSR count). The topological polar surface area (TPSA) is 51.2 Å². The third-order valence-corrected chi connectivity index (χ3v) is 4.03. The average molecular weight is 382 g/mol. The molecule has 2 aromatic carbocycles. The lowest BCUT2D eigenvalue weighted by molar-refractivity contribution is -0.0498. The summed E-state index contributed by atoms with van der Waals surface area (Å²) < 4.78 is 55.4. The second-order valence-corrected chi connectivity index (χ2v) is 5.88. The minimum absolute atomic E-state index is 0.0183. The minimum Gasteiger partial charge on any atom is -0.435 e. The lowest BCUT2D eigenvalue weighted by Gasteiger charge is -2.05. The van der Waals surface area contributed by atoms with Crippen molar-refractivity contribution in [2.75, 3.05) is 5.32 Å². The van der Waals surface area contributed by atoms with Crippen LogP contribution in [0.25, 0.3) is 11.3 Å². The Bertz CT molecular complexity index is 929. The summed E-state index contributed by atoms with van der Waals surface area (Å²) >= 11 is 1.04. The summed E-state index contributed by atoms with van der Waals surface area (Å²) in [6.07, 6.45) is 0. The SMILES string of the molecule is O=C(Nc1nc(-c2cc(F)ccc2F)cs1)c1ccc(OC(F)F)cc1. The molecule has 0 fully saturated rings. The number of aromatic nitrogens is 1. The number of carbonyl (C=O) groups excluding carboxylic acids is 1. The summed E-state index contributed by atoms with van der Waals surface area (Å²) in [5, 5.41) is 4.17. The van der Waals surface area contributed by atoms with E-state index in [4.69, 9.17) is 0 Å². The molecule has 0 saturated heterocycles. The average Bonchev–Trinajstić information content (AvgIpc) is 3.05. The normalized spacial score (nSPS) is 10.8. The zero-order valence-corrected chi connectivity index (χ0v) is 13.7. The highest BCUT2D eigenvalue weighted by Crippen LogP contribution is 2.28. The highest BCUT2D eigenvalue weighted by Gasteiger charge is 2.13. The van der Waals surface area contributed by atoms with E-state index in [1.807, 2.05) is 0 Å². The molecule has 1 amide bonds. The Morgan fingerprint density at radius 2 is 1.85 bits per heavy atom. The predicted molar refractivity (Wildman–Crippen MR) is 88.5 cm³/mol. The largest absolute Gasteiger partial charge is 0.435 e. The first-order chi connectivity index (χ1) is 12.4. The monoisotopic (exact) mass is 382 g/mol. The first kappa shape index (κ1) is 17.9. The number of hydrogen-bond acceptors (Lipinski definition) is 4. The number of benzene rings is 2. The second kappa shape index (κ2) is 7.52. The summed E-state index contributed by atoms with van der Waals surface area (Å²) in [6, 6.07) is 8.09. The van der Waals surface area contributed by atoms with Crippen LogP contribution in [0.3, 0.4) is 0 Å². The van der Waals surface area contributed by atoms with Crippen LogP contribution in [0, 0.1) is 11.6 Å². The molecule has 0 unspecified atom stereocenters. The number of thiazole rings is 1. The van der Waals surface area contributed by atoms with Gasteiger partial charge in [-0.25, -0.2) is 13.8 Å². The van der Waals surface area contributed by atoms with Crippen molar-refractivity contribution in [2.24, 2.45) is 0 Å². The van der Waals surface area contributed by atoms with E-state index in [1.54, 1.807) is 0 Å². The summed E-state index contributed by atoms with van der Waals surface area (Å²) in [5.74, 6) is -1.85. The third kappa shape index (κ3) is 4.17. The van der Waals surface area contributed by atoms with Gasteiger partial charge < -0.3 is 4.74 Å². The molecule has 1 heterocycles. The van der Waals surface area contributed by atoms with Gasteiger partial charge in [0.2, 0.25) is 0 Å². The van der Waals surface area contributed by atoms with Crippen molar-refractivity contribution in [1.82, 2.24) is 4.98 Å². The summed E-state index contributed by atoms with van der Waals surface area (Å²) in [5.41, 5.74) is 0.360. The first-order valence-corrected chi connectivity index (χ1v) is 8.07. The first-order valence-electron chi connectivity index (χ1n) is 7.19. The maximum Gasteiger partial charge on any atom is 0.387 e. The van der Waals surface area contributed by atoms with Crippen molar-refractivity contribution >= 4 is 22.4 Å². The van der Waals surface area contributed by atoms with Crippen molar-refractivity contribution in [3.8, 4) is 17.0 Å². The van der Waals surface area contributed by atoms with Crippen molar-refractivity contribution in [2.45, 2.75) is 6.61 Å². The molecule has 9 heteroatoms.